The second-order valence-corrected chi connectivity index (χ2v) is 4.73. The van der Waals surface area contributed by atoms with Crippen LogP contribution in [0.1, 0.15) is 40.0 Å². The average Bonchev–Trinajstić information content (AvgIpc) is 2.30. The Morgan fingerprint density at radius 2 is 2.23 bits per heavy atom. The van der Waals surface area contributed by atoms with Crippen LogP contribution in [0.4, 0.5) is 0 Å². The number of nitrogens with one attached hydrogen (secondary N) is 1. The third-order valence-electron chi connectivity index (χ3n) is 2.99. The molecule has 0 bridgehead atoms. The van der Waals surface area contributed by atoms with Gasteiger partial charge in [-0.05, 0) is 25.2 Å². The Morgan fingerprint density at radius 1 is 1.62 bits per heavy atom. The maximum absolute atomic E-state index is 11.4. The van der Waals surface area contributed by atoms with E-state index in [1.54, 1.807) is 6.92 Å². The smallest absolute Gasteiger partial charge is 0.236 e. The summed E-state index contributed by atoms with van der Waals surface area (Å²) in [5.41, 5.74) is 5.73. The normalized spacial score (nSPS) is 28.5. The first-order valence-corrected chi connectivity index (χ1v) is 4.99. The highest BCUT2D eigenvalue weighted by molar-refractivity contribution is 5.81. The molecule has 1 fully saturated rings. The van der Waals surface area contributed by atoms with Gasteiger partial charge in [-0.1, -0.05) is 20.3 Å². The average molecular weight is 184 g/mol. The molecule has 13 heavy (non-hydrogen) atoms. The van der Waals surface area contributed by atoms with E-state index in [4.69, 9.17) is 5.73 Å². The molecule has 1 amide bonds. The Hall–Kier alpha value is -0.570. The van der Waals surface area contributed by atoms with Crippen LogP contribution in [0.2, 0.25) is 0 Å². The number of nitrogens with two attached hydrogens (primary N) is 1. The summed E-state index contributed by atoms with van der Waals surface area (Å²) in [4.78, 5) is 11.4. The van der Waals surface area contributed by atoms with Crippen molar-refractivity contribution in [1.29, 1.82) is 0 Å². The van der Waals surface area contributed by atoms with Crippen LogP contribution in [0.3, 0.4) is 0 Å². The highest BCUT2D eigenvalue weighted by atomic mass is 16.2. The van der Waals surface area contributed by atoms with Gasteiger partial charge in [-0.15, -0.1) is 0 Å². The molecule has 3 nitrogen and oxygen atoms in total. The Balaban J connectivity index is 2.50. The zero-order chi connectivity index (χ0) is 10.1. The molecule has 0 heterocycles. The van der Waals surface area contributed by atoms with Gasteiger partial charge in [0.15, 0.2) is 0 Å². The fourth-order valence-electron chi connectivity index (χ4n) is 1.90. The van der Waals surface area contributed by atoms with Gasteiger partial charge in [0.1, 0.15) is 0 Å². The summed E-state index contributed by atoms with van der Waals surface area (Å²) in [5, 5.41) is 3.00. The third-order valence-corrected chi connectivity index (χ3v) is 2.99. The van der Waals surface area contributed by atoms with Crippen LogP contribution < -0.4 is 11.1 Å². The standard InChI is InChI=1S/C10H20N2O/c1-7(11)9(13)12-8-5-4-6-10(8,2)3/h7-8H,4-6,11H2,1-3H3,(H,12,13)/t7-,8?/m0/s1. The lowest BCUT2D eigenvalue weighted by Gasteiger charge is -2.28. The molecule has 0 aromatic carbocycles. The predicted molar refractivity (Wildman–Crippen MR) is 53.2 cm³/mol. The fourth-order valence-corrected chi connectivity index (χ4v) is 1.90. The monoisotopic (exact) mass is 184 g/mol. The molecular formula is C10H20N2O. The highest BCUT2D eigenvalue weighted by Gasteiger charge is 2.35. The van der Waals surface area contributed by atoms with E-state index in [1.165, 1.54) is 12.8 Å². The second kappa shape index (κ2) is 3.66. The summed E-state index contributed by atoms with van der Waals surface area (Å²) < 4.78 is 0. The highest BCUT2D eigenvalue weighted by Crippen LogP contribution is 2.37. The second-order valence-electron chi connectivity index (χ2n) is 4.73. The Kier molecular flexibility index (Phi) is 2.96. The number of hydrogen-bond acceptors (Lipinski definition) is 2. The van der Waals surface area contributed by atoms with E-state index in [9.17, 15) is 4.79 Å². The number of carbonyl (C=O) groups excluding carboxylic acids is 1. The van der Waals surface area contributed by atoms with E-state index < -0.39 is 6.04 Å². The van der Waals surface area contributed by atoms with Crippen molar-refractivity contribution in [3.8, 4) is 0 Å². The number of rotatable bonds is 2. The van der Waals surface area contributed by atoms with Gasteiger partial charge in [-0.2, -0.15) is 0 Å². The van der Waals surface area contributed by atoms with Crippen LogP contribution in [0, 0.1) is 5.41 Å². The summed E-state index contributed by atoms with van der Waals surface area (Å²) in [7, 11) is 0. The van der Waals surface area contributed by atoms with Gasteiger partial charge in [0.05, 0.1) is 6.04 Å². The van der Waals surface area contributed by atoms with Crippen LogP contribution in [-0.2, 0) is 4.79 Å². The van der Waals surface area contributed by atoms with Crippen LogP contribution in [0.25, 0.3) is 0 Å². The van der Waals surface area contributed by atoms with Gasteiger partial charge >= 0.3 is 0 Å². The lowest BCUT2D eigenvalue weighted by atomic mass is 9.87. The van der Waals surface area contributed by atoms with Gasteiger partial charge in [-0.3, -0.25) is 4.79 Å². The van der Waals surface area contributed by atoms with Gasteiger partial charge in [0.2, 0.25) is 5.91 Å². The van der Waals surface area contributed by atoms with Gasteiger partial charge in [0.25, 0.3) is 0 Å². The molecule has 3 N–H and O–H groups in total. The van der Waals surface area contributed by atoms with Crippen LogP contribution in [0.15, 0.2) is 0 Å². The largest absolute Gasteiger partial charge is 0.351 e. The maximum Gasteiger partial charge on any atom is 0.236 e. The Bertz CT molecular complexity index is 199. The Morgan fingerprint density at radius 3 is 2.62 bits per heavy atom. The van der Waals surface area contributed by atoms with Crippen molar-refractivity contribution in [2.75, 3.05) is 0 Å². The van der Waals surface area contributed by atoms with Crippen LogP contribution >= 0.6 is 0 Å². The lowest BCUT2D eigenvalue weighted by Crippen LogP contribution is -2.47. The first kappa shape index (κ1) is 10.5. The van der Waals surface area contributed by atoms with Crippen molar-refractivity contribution in [1.82, 2.24) is 5.32 Å². The summed E-state index contributed by atoms with van der Waals surface area (Å²) in [6, 6.07) is -0.0811. The fraction of sp³-hybridized carbons (Fsp3) is 0.900. The predicted octanol–water partition coefficient (Wildman–Crippen LogP) is 1.03. The molecule has 1 saturated carbocycles. The Labute approximate surface area is 80.1 Å². The minimum Gasteiger partial charge on any atom is -0.351 e. The van der Waals surface area contributed by atoms with E-state index in [2.05, 4.69) is 19.2 Å². The molecule has 1 aliphatic rings. The van der Waals surface area contributed by atoms with Crippen molar-refractivity contribution >= 4 is 5.91 Å². The van der Waals surface area contributed by atoms with E-state index in [-0.39, 0.29) is 11.3 Å². The molecule has 76 valence electrons. The lowest BCUT2D eigenvalue weighted by molar-refractivity contribution is -0.123. The first-order chi connectivity index (χ1) is 5.93. The van der Waals surface area contributed by atoms with E-state index in [1.807, 2.05) is 0 Å². The summed E-state index contributed by atoms with van der Waals surface area (Å²) >= 11 is 0. The van der Waals surface area contributed by atoms with E-state index in [0.717, 1.165) is 6.42 Å². The number of hydrogen-bond donors (Lipinski definition) is 2. The summed E-state index contributed by atoms with van der Waals surface area (Å²) in [6.07, 6.45) is 3.49. The molecule has 0 radical (unpaired) electrons. The van der Waals surface area contributed by atoms with Crippen molar-refractivity contribution in [2.24, 2.45) is 11.1 Å². The third kappa shape index (κ3) is 2.44. The van der Waals surface area contributed by atoms with Crippen molar-refractivity contribution < 1.29 is 4.79 Å². The maximum atomic E-state index is 11.4. The minimum absolute atomic E-state index is 0.0278. The van der Waals surface area contributed by atoms with Crippen LogP contribution in [0.5, 0.6) is 0 Å². The molecule has 2 atom stereocenters. The molecule has 0 saturated heterocycles. The molecule has 1 unspecified atom stereocenters. The summed E-state index contributed by atoms with van der Waals surface area (Å²) in [5.74, 6) is -0.0278. The van der Waals surface area contributed by atoms with Gasteiger partial charge in [-0.25, -0.2) is 0 Å². The molecule has 1 rings (SSSR count). The molecule has 0 aromatic heterocycles. The SMILES string of the molecule is C[C@H](N)C(=O)NC1CCCC1(C)C. The van der Waals surface area contributed by atoms with Crippen molar-refractivity contribution in [3.63, 3.8) is 0 Å². The molecule has 0 aromatic rings. The molecule has 0 aliphatic heterocycles. The molecular weight excluding hydrogens is 164 g/mol. The zero-order valence-electron chi connectivity index (χ0n) is 8.76. The van der Waals surface area contributed by atoms with Crippen LogP contribution in [-0.4, -0.2) is 18.0 Å². The molecule has 1 aliphatic carbocycles. The van der Waals surface area contributed by atoms with E-state index in [0.29, 0.717) is 6.04 Å². The van der Waals surface area contributed by atoms with Crippen molar-refractivity contribution in [2.45, 2.75) is 52.1 Å². The zero-order valence-corrected chi connectivity index (χ0v) is 8.76. The van der Waals surface area contributed by atoms with Crippen molar-refractivity contribution in [3.05, 3.63) is 0 Å². The van der Waals surface area contributed by atoms with Gasteiger partial charge < -0.3 is 11.1 Å². The topological polar surface area (TPSA) is 55.1 Å². The number of carbonyl (C=O) groups is 1. The summed E-state index contributed by atoms with van der Waals surface area (Å²) in [6.45, 7) is 6.12. The minimum atomic E-state index is -0.392. The number of amides is 1. The quantitative estimate of drug-likeness (QED) is 0.673. The van der Waals surface area contributed by atoms with Gasteiger partial charge in [0, 0.05) is 6.04 Å². The van der Waals surface area contributed by atoms with E-state index >= 15 is 0 Å². The molecule has 0 spiro atoms. The molecule has 3 heteroatoms. The first-order valence-electron chi connectivity index (χ1n) is 4.99.